The Bertz CT molecular complexity index is 849. The van der Waals surface area contributed by atoms with Crippen LogP contribution in [-0.4, -0.2) is 33.2 Å². The van der Waals surface area contributed by atoms with Crippen LogP contribution in [0.1, 0.15) is 46.6 Å². The smallest absolute Gasteiger partial charge is 0.254 e. The molecule has 1 aliphatic heterocycles. The Labute approximate surface area is 152 Å². The van der Waals surface area contributed by atoms with E-state index in [1.165, 1.54) is 11.8 Å². The first-order valence-corrected chi connectivity index (χ1v) is 8.98. The maximum atomic E-state index is 13.2. The zero-order chi connectivity index (χ0) is 18.1. The van der Waals surface area contributed by atoms with Crippen LogP contribution in [0.3, 0.4) is 0 Å². The van der Waals surface area contributed by atoms with Gasteiger partial charge in [0.1, 0.15) is 0 Å². The molecule has 1 aromatic heterocycles. The molecular formula is C20H22N4O2. The Kier molecular flexibility index (Phi) is 4.11. The molecule has 2 heterocycles. The highest BCUT2D eigenvalue weighted by atomic mass is 16.2. The second-order valence-corrected chi connectivity index (χ2v) is 6.94. The predicted octanol–water partition coefficient (Wildman–Crippen LogP) is 2.29. The van der Waals surface area contributed by atoms with E-state index < -0.39 is 0 Å². The molecule has 1 aliphatic carbocycles. The topological polar surface area (TPSA) is 78.1 Å². The highest BCUT2D eigenvalue weighted by Gasteiger charge is 2.51. The SMILES string of the molecule is C=CC(=O)NCc1ccc(C(=O)N2CCc3[nH]cnc3C23CCC3)cc1. The van der Waals surface area contributed by atoms with Crippen LogP contribution in [0, 0.1) is 0 Å². The summed E-state index contributed by atoms with van der Waals surface area (Å²) in [5.41, 5.74) is 3.60. The second kappa shape index (κ2) is 6.44. The maximum Gasteiger partial charge on any atom is 0.254 e. The number of nitrogens with one attached hydrogen (secondary N) is 2. The molecule has 0 unspecified atom stereocenters. The van der Waals surface area contributed by atoms with Crippen molar-refractivity contribution in [3.63, 3.8) is 0 Å². The van der Waals surface area contributed by atoms with Crippen molar-refractivity contribution in [2.75, 3.05) is 6.54 Å². The number of aromatic amines is 1. The van der Waals surface area contributed by atoms with Gasteiger partial charge in [0.05, 0.1) is 17.6 Å². The summed E-state index contributed by atoms with van der Waals surface area (Å²) in [5.74, 6) is -0.153. The number of benzene rings is 1. The van der Waals surface area contributed by atoms with Gasteiger partial charge >= 0.3 is 0 Å². The molecule has 1 aromatic carbocycles. The summed E-state index contributed by atoms with van der Waals surface area (Å²) in [7, 11) is 0. The van der Waals surface area contributed by atoms with Gasteiger partial charge in [-0.25, -0.2) is 4.98 Å². The number of rotatable bonds is 4. The normalized spacial score (nSPS) is 17.3. The highest BCUT2D eigenvalue weighted by molar-refractivity contribution is 5.95. The molecule has 1 saturated carbocycles. The summed E-state index contributed by atoms with van der Waals surface area (Å²) in [5, 5.41) is 2.74. The average Bonchev–Trinajstić information content (AvgIpc) is 3.12. The molecule has 1 spiro atoms. The minimum Gasteiger partial charge on any atom is -0.348 e. The molecule has 1 fully saturated rings. The van der Waals surface area contributed by atoms with E-state index in [2.05, 4.69) is 21.9 Å². The molecule has 0 radical (unpaired) electrons. The molecular weight excluding hydrogens is 328 g/mol. The summed E-state index contributed by atoms with van der Waals surface area (Å²) >= 11 is 0. The van der Waals surface area contributed by atoms with Crippen molar-refractivity contribution in [2.24, 2.45) is 0 Å². The Morgan fingerprint density at radius 1 is 1.31 bits per heavy atom. The van der Waals surface area contributed by atoms with Gasteiger partial charge in [0.25, 0.3) is 5.91 Å². The van der Waals surface area contributed by atoms with Gasteiger partial charge in [0, 0.05) is 30.8 Å². The van der Waals surface area contributed by atoms with Crippen molar-refractivity contribution in [3.05, 3.63) is 65.8 Å². The fraction of sp³-hybridized carbons (Fsp3) is 0.350. The zero-order valence-electron chi connectivity index (χ0n) is 14.6. The molecule has 2 aromatic rings. The first kappa shape index (κ1) is 16.6. The summed E-state index contributed by atoms with van der Waals surface area (Å²) in [4.78, 5) is 34.2. The van der Waals surface area contributed by atoms with Crippen molar-refractivity contribution < 1.29 is 9.59 Å². The second-order valence-electron chi connectivity index (χ2n) is 6.94. The fourth-order valence-electron chi connectivity index (χ4n) is 3.97. The van der Waals surface area contributed by atoms with Crippen LogP contribution in [0.25, 0.3) is 0 Å². The largest absolute Gasteiger partial charge is 0.348 e. The molecule has 2 amide bonds. The molecule has 6 nitrogen and oxygen atoms in total. The van der Waals surface area contributed by atoms with Gasteiger partial charge in [-0.1, -0.05) is 18.7 Å². The maximum absolute atomic E-state index is 13.2. The number of hydrogen-bond acceptors (Lipinski definition) is 3. The first-order chi connectivity index (χ1) is 12.6. The number of carbonyl (C=O) groups is 2. The van der Waals surface area contributed by atoms with E-state index in [4.69, 9.17) is 0 Å². The highest BCUT2D eigenvalue weighted by Crippen LogP contribution is 2.49. The van der Waals surface area contributed by atoms with Crippen LogP contribution in [0.15, 0.2) is 43.2 Å². The summed E-state index contributed by atoms with van der Waals surface area (Å²) in [6.45, 7) is 4.57. The zero-order valence-corrected chi connectivity index (χ0v) is 14.6. The molecule has 26 heavy (non-hydrogen) atoms. The van der Waals surface area contributed by atoms with Crippen molar-refractivity contribution in [1.82, 2.24) is 20.2 Å². The van der Waals surface area contributed by atoms with Gasteiger partial charge in [-0.2, -0.15) is 0 Å². The number of hydrogen-bond donors (Lipinski definition) is 2. The summed E-state index contributed by atoms with van der Waals surface area (Å²) < 4.78 is 0. The number of fused-ring (bicyclic) bond motifs is 2. The van der Waals surface area contributed by atoms with E-state index in [9.17, 15) is 9.59 Å². The van der Waals surface area contributed by atoms with Crippen LogP contribution in [0.4, 0.5) is 0 Å². The Morgan fingerprint density at radius 2 is 2.08 bits per heavy atom. The lowest BCUT2D eigenvalue weighted by molar-refractivity contribution is -0.116. The molecule has 0 saturated heterocycles. The first-order valence-electron chi connectivity index (χ1n) is 8.98. The molecule has 0 atom stereocenters. The van der Waals surface area contributed by atoms with E-state index in [-0.39, 0.29) is 17.4 Å². The molecule has 6 heteroatoms. The quantitative estimate of drug-likeness (QED) is 0.831. The van der Waals surface area contributed by atoms with E-state index in [0.717, 1.165) is 36.9 Å². The lowest BCUT2D eigenvalue weighted by atomic mass is 9.70. The standard InChI is InChI=1S/C20H22N4O2/c1-2-17(25)21-12-14-4-6-15(7-5-14)19(26)24-11-8-16-18(23-13-22-16)20(24)9-3-10-20/h2,4-7,13H,1,3,8-12H2,(H,21,25)(H,22,23). The number of carbonyl (C=O) groups excluding carboxylic acids is 2. The molecule has 2 N–H and O–H groups in total. The van der Waals surface area contributed by atoms with Crippen LogP contribution >= 0.6 is 0 Å². The molecule has 4 rings (SSSR count). The van der Waals surface area contributed by atoms with E-state index in [1.807, 2.05) is 29.2 Å². The number of nitrogens with zero attached hydrogens (tertiary/aromatic N) is 2. The number of amides is 2. The van der Waals surface area contributed by atoms with Crippen molar-refractivity contribution in [2.45, 2.75) is 37.8 Å². The average molecular weight is 350 g/mol. The third-order valence-corrected chi connectivity index (χ3v) is 5.54. The van der Waals surface area contributed by atoms with Crippen LogP contribution in [0.5, 0.6) is 0 Å². The number of H-pyrrole nitrogens is 1. The Morgan fingerprint density at radius 3 is 2.73 bits per heavy atom. The van der Waals surface area contributed by atoms with Gasteiger partial charge in [-0.05, 0) is 43.0 Å². The minimum atomic E-state index is -0.235. The van der Waals surface area contributed by atoms with E-state index >= 15 is 0 Å². The van der Waals surface area contributed by atoms with Crippen molar-refractivity contribution in [3.8, 4) is 0 Å². The Balaban J connectivity index is 1.53. The van der Waals surface area contributed by atoms with Crippen molar-refractivity contribution in [1.29, 1.82) is 0 Å². The monoisotopic (exact) mass is 350 g/mol. The number of aromatic nitrogens is 2. The van der Waals surface area contributed by atoms with Crippen LogP contribution in [-0.2, 0) is 23.3 Å². The fourth-order valence-corrected chi connectivity index (χ4v) is 3.97. The van der Waals surface area contributed by atoms with Gasteiger partial charge in [0.15, 0.2) is 0 Å². The van der Waals surface area contributed by atoms with Gasteiger partial charge < -0.3 is 15.2 Å². The van der Waals surface area contributed by atoms with Gasteiger partial charge in [-0.15, -0.1) is 0 Å². The van der Waals surface area contributed by atoms with Crippen LogP contribution < -0.4 is 5.32 Å². The third kappa shape index (κ3) is 2.62. The van der Waals surface area contributed by atoms with Crippen LogP contribution in [0.2, 0.25) is 0 Å². The summed E-state index contributed by atoms with van der Waals surface area (Å²) in [6.07, 6.45) is 6.87. The Hall–Kier alpha value is -2.89. The van der Waals surface area contributed by atoms with Gasteiger partial charge in [0.2, 0.25) is 5.91 Å². The minimum absolute atomic E-state index is 0.0556. The molecule has 2 aliphatic rings. The molecule has 134 valence electrons. The summed E-state index contributed by atoms with van der Waals surface area (Å²) in [6, 6.07) is 7.44. The van der Waals surface area contributed by atoms with Crippen molar-refractivity contribution >= 4 is 11.8 Å². The lowest BCUT2D eigenvalue weighted by Crippen LogP contribution is -2.57. The third-order valence-electron chi connectivity index (χ3n) is 5.54. The molecule has 0 bridgehead atoms. The van der Waals surface area contributed by atoms with Gasteiger partial charge in [-0.3, -0.25) is 9.59 Å². The van der Waals surface area contributed by atoms with E-state index in [0.29, 0.717) is 18.7 Å². The lowest BCUT2D eigenvalue weighted by Gasteiger charge is -2.52. The predicted molar refractivity (Wildman–Crippen MR) is 97.3 cm³/mol. The van der Waals surface area contributed by atoms with E-state index in [1.54, 1.807) is 6.33 Å². The number of imidazole rings is 1.